The standard InChI is InChI=1S/C29H33Cl2N3O5S/c1-5-27(29(36)32-20(2)3)33(18-21-9-13-25(39-4)14-10-21)28(35)19-34(24-8-6-7-23(31)17-24)40(37,38)26-15-11-22(30)12-16-26/h6-17,20,27H,5,18-19H2,1-4H3,(H,32,36). The molecule has 1 unspecified atom stereocenters. The molecule has 0 bridgehead atoms. The molecule has 2 amide bonds. The smallest absolute Gasteiger partial charge is 0.264 e. The van der Waals surface area contributed by atoms with Gasteiger partial charge in [0.05, 0.1) is 17.7 Å². The van der Waals surface area contributed by atoms with Crippen molar-refractivity contribution in [2.24, 2.45) is 0 Å². The van der Waals surface area contributed by atoms with Gasteiger partial charge in [-0.2, -0.15) is 0 Å². The Bertz CT molecular complexity index is 1410. The number of hydrogen-bond acceptors (Lipinski definition) is 5. The monoisotopic (exact) mass is 605 g/mol. The van der Waals surface area contributed by atoms with Crippen molar-refractivity contribution in [3.63, 3.8) is 0 Å². The van der Waals surface area contributed by atoms with Gasteiger partial charge in [-0.15, -0.1) is 0 Å². The molecule has 214 valence electrons. The minimum atomic E-state index is -4.22. The molecule has 0 heterocycles. The van der Waals surface area contributed by atoms with Crippen molar-refractivity contribution in [2.45, 2.75) is 50.7 Å². The third-order valence-corrected chi connectivity index (χ3v) is 8.38. The Balaban J connectivity index is 2.06. The molecule has 0 aliphatic heterocycles. The first kappa shape index (κ1) is 31.3. The Morgan fingerprint density at radius 3 is 2.15 bits per heavy atom. The number of methoxy groups -OCH3 is 1. The highest BCUT2D eigenvalue weighted by molar-refractivity contribution is 7.92. The number of rotatable bonds is 12. The fourth-order valence-corrected chi connectivity index (χ4v) is 5.84. The van der Waals surface area contributed by atoms with Crippen LogP contribution in [0.25, 0.3) is 0 Å². The number of carbonyl (C=O) groups excluding carboxylic acids is 2. The number of ether oxygens (including phenoxy) is 1. The van der Waals surface area contributed by atoms with Gasteiger partial charge in [-0.25, -0.2) is 8.42 Å². The Kier molecular flexibility index (Phi) is 10.8. The summed E-state index contributed by atoms with van der Waals surface area (Å²) >= 11 is 12.2. The molecule has 0 aliphatic rings. The molecule has 1 atom stereocenters. The van der Waals surface area contributed by atoms with Crippen LogP contribution in [0.5, 0.6) is 5.75 Å². The highest BCUT2D eigenvalue weighted by Gasteiger charge is 2.34. The summed E-state index contributed by atoms with van der Waals surface area (Å²) in [5.41, 5.74) is 0.958. The number of halogens is 2. The first-order valence-corrected chi connectivity index (χ1v) is 14.9. The summed E-state index contributed by atoms with van der Waals surface area (Å²) in [6.45, 7) is 4.99. The third kappa shape index (κ3) is 7.90. The van der Waals surface area contributed by atoms with Crippen molar-refractivity contribution in [1.29, 1.82) is 0 Å². The number of benzene rings is 3. The Morgan fingerprint density at radius 2 is 1.60 bits per heavy atom. The molecule has 3 aromatic carbocycles. The van der Waals surface area contributed by atoms with Crippen LogP contribution in [0.3, 0.4) is 0 Å². The fraction of sp³-hybridized carbons (Fsp3) is 0.310. The van der Waals surface area contributed by atoms with Gasteiger partial charge < -0.3 is 15.0 Å². The van der Waals surface area contributed by atoms with Gasteiger partial charge >= 0.3 is 0 Å². The Hall–Kier alpha value is -3.27. The van der Waals surface area contributed by atoms with Gasteiger partial charge in [0.25, 0.3) is 10.0 Å². The zero-order valence-electron chi connectivity index (χ0n) is 22.8. The van der Waals surface area contributed by atoms with E-state index in [0.717, 1.165) is 9.87 Å². The van der Waals surface area contributed by atoms with Crippen LogP contribution < -0.4 is 14.4 Å². The summed E-state index contributed by atoms with van der Waals surface area (Å²) in [6.07, 6.45) is 0.321. The third-order valence-electron chi connectivity index (χ3n) is 6.11. The van der Waals surface area contributed by atoms with E-state index in [1.54, 1.807) is 56.5 Å². The zero-order valence-corrected chi connectivity index (χ0v) is 25.1. The van der Waals surface area contributed by atoms with Gasteiger partial charge in [0, 0.05) is 22.6 Å². The molecule has 1 N–H and O–H groups in total. The molecule has 0 aliphatic carbocycles. The summed E-state index contributed by atoms with van der Waals surface area (Å²) < 4.78 is 33.9. The maximum atomic E-state index is 14.0. The molecule has 40 heavy (non-hydrogen) atoms. The van der Waals surface area contributed by atoms with Crippen LogP contribution in [0.2, 0.25) is 10.0 Å². The number of carbonyl (C=O) groups is 2. The van der Waals surface area contributed by atoms with Crippen molar-refractivity contribution >= 4 is 50.7 Å². The van der Waals surface area contributed by atoms with Gasteiger partial charge in [-0.1, -0.05) is 48.3 Å². The first-order valence-electron chi connectivity index (χ1n) is 12.7. The van der Waals surface area contributed by atoms with Crippen LogP contribution in [0.4, 0.5) is 5.69 Å². The second-order valence-corrected chi connectivity index (χ2v) is 12.1. The molecule has 8 nitrogen and oxygen atoms in total. The molecule has 3 aromatic rings. The molecule has 0 aromatic heterocycles. The molecule has 0 radical (unpaired) electrons. The highest BCUT2D eigenvalue weighted by atomic mass is 35.5. The highest BCUT2D eigenvalue weighted by Crippen LogP contribution is 2.28. The van der Waals surface area contributed by atoms with Crippen LogP contribution in [-0.4, -0.2) is 50.9 Å². The molecule has 0 saturated carbocycles. The maximum absolute atomic E-state index is 14.0. The van der Waals surface area contributed by atoms with E-state index in [4.69, 9.17) is 27.9 Å². The number of nitrogens with zero attached hydrogens (tertiary/aromatic N) is 2. The lowest BCUT2D eigenvalue weighted by Gasteiger charge is -2.33. The molecule has 0 fully saturated rings. The van der Waals surface area contributed by atoms with Crippen molar-refractivity contribution in [3.05, 3.63) is 88.4 Å². The van der Waals surface area contributed by atoms with Crippen LogP contribution in [0.15, 0.2) is 77.7 Å². The van der Waals surface area contributed by atoms with Crippen LogP contribution in [0, 0.1) is 0 Å². The van der Waals surface area contributed by atoms with Crippen LogP contribution in [-0.2, 0) is 26.2 Å². The van der Waals surface area contributed by atoms with E-state index in [2.05, 4.69) is 5.32 Å². The fourth-order valence-electron chi connectivity index (χ4n) is 4.12. The molecular weight excluding hydrogens is 573 g/mol. The number of anilines is 1. The number of hydrogen-bond donors (Lipinski definition) is 1. The quantitative estimate of drug-likeness (QED) is 0.293. The van der Waals surface area contributed by atoms with Crippen molar-refractivity contribution in [1.82, 2.24) is 10.2 Å². The molecular formula is C29H33Cl2N3O5S. The van der Waals surface area contributed by atoms with E-state index >= 15 is 0 Å². The Morgan fingerprint density at radius 1 is 0.950 bits per heavy atom. The normalized spacial score (nSPS) is 12.1. The minimum Gasteiger partial charge on any atom is -0.497 e. The lowest BCUT2D eigenvalue weighted by atomic mass is 10.1. The van der Waals surface area contributed by atoms with Gasteiger partial charge in [0.1, 0.15) is 18.3 Å². The molecule has 0 spiro atoms. The van der Waals surface area contributed by atoms with E-state index in [1.165, 1.54) is 35.2 Å². The zero-order chi connectivity index (χ0) is 29.4. The molecule has 3 rings (SSSR count). The predicted molar refractivity (Wildman–Crippen MR) is 158 cm³/mol. The van der Waals surface area contributed by atoms with Crippen LogP contribution >= 0.6 is 23.2 Å². The summed E-state index contributed by atoms with van der Waals surface area (Å²) in [5, 5.41) is 3.55. The average Bonchev–Trinajstić information content (AvgIpc) is 2.91. The largest absolute Gasteiger partial charge is 0.497 e. The summed E-state index contributed by atoms with van der Waals surface area (Å²) in [6, 6.07) is 18.1. The lowest BCUT2D eigenvalue weighted by molar-refractivity contribution is -0.140. The maximum Gasteiger partial charge on any atom is 0.264 e. The van der Waals surface area contributed by atoms with Gasteiger partial charge in [-0.3, -0.25) is 13.9 Å². The van der Waals surface area contributed by atoms with Gasteiger partial charge in [-0.05, 0) is 80.4 Å². The average molecular weight is 607 g/mol. The van der Waals surface area contributed by atoms with Crippen molar-refractivity contribution in [2.75, 3.05) is 18.0 Å². The molecule has 11 heteroatoms. The van der Waals surface area contributed by atoms with Crippen LogP contribution in [0.1, 0.15) is 32.8 Å². The first-order chi connectivity index (χ1) is 19.0. The van der Waals surface area contributed by atoms with Crippen molar-refractivity contribution < 1.29 is 22.7 Å². The van der Waals surface area contributed by atoms with Gasteiger partial charge in [0.15, 0.2) is 0 Å². The predicted octanol–water partition coefficient (Wildman–Crippen LogP) is 5.53. The summed E-state index contributed by atoms with van der Waals surface area (Å²) in [7, 11) is -2.66. The van der Waals surface area contributed by atoms with Gasteiger partial charge in [0.2, 0.25) is 11.8 Å². The topological polar surface area (TPSA) is 96.0 Å². The second-order valence-electron chi connectivity index (χ2n) is 9.40. The van der Waals surface area contributed by atoms with E-state index < -0.39 is 28.5 Å². The van der Waals surface area contributed by atoms with E-state index in [0.29, 0.717) is 22.2 Å². The lowest BCUT2D eigenvalue weighted by Crippen LogP contribution is -2.53. The Labute approximate surface area is 245 Å². The van der Waals surface area contributed by atoms with Crippen molar-refractivity contribution in [3.8, 4) is 5.75 Å². The minimum absolute atomic E-state index is 0.0454. The van der Waals surface area contributed by atoms with E-state index in [1.807, 2.05) is 13.8 Å². The summed E-state index contributed by atoms with van der Waals surface area (Å²) in [5.74, 6) is -0.235. The number of sulfonamides is 1. The number of nitrogens with one attached hydrogen (secondary N) is 1. The number of amides is 2. The van der Waals surface area contributed by atoms with E-state index in [-0.39, 0.29) is 29.1 Å². The van der Waals surface area contributed by atoms with E-state index in [9.17, 15) is 18.0 Å². The summed E-state index contributed by atoms with van der Waals surface area (Å²) in [4.78, 5) is 28.6. The SMILES string of the molecule is CCC(C(=O)NC(C)C)N(Cc1ccc(OC)cc1)C(=O)CN(c1cccc(Cl)c1)S(=O)(=O)c1ccc(Cl)cc1. The second kappa shape index (κ2) is 13.9. The molecule has 0 saturated heterocycles.